The van der Waals surface area contributed by atoms with Gasteiger partial charge in [0.1, 0.15) is 0 Å². The van der Waals surface area contributed by atoms with Gasteiger partial charge in [-0.2, -0.15) is 13.2 Å². The molecule has 11 heavy (non-hydrogen) atoms. The van der Waals surface area contributed by atoms with E-state index in [1.54, 1.807) is 0 Å². The maximum absolute atomic E-state index is 11.8. The first-order valence-electron chi connectivity index (χ1n) is 2.71. The first kappa shape index (κ1) is 7.97. The molecule has 0 aliphatic carbocycles. The van der Waals surface area contributed by atoms with Crippen molar-refractivity contribution in [3.63, 3.8) is 0 Å². The minimum absolute atomic E-state index is 0.132. The summed E-state index contributed by atoms with van der Waals surface area (Å²) in [6.45, 7) is 1.40. The fraction of sp³-hybridized carbons (Fsp3) is 0.333. The van der Waals surface area contributed by atoms with Crippen LogP contribution >= 0.6 is 0 Å². The van der Waals surface area contributed by atoms with Gasteiger partial charge in [0.25, 0.3) is 0 Å². The van der Waals surface area contributed by atoms with Gasteiger partial charge in [-0.3, -0.25) is 0 Å². The maximum atomic E-state index is 11.8. The van der Waals surface area contributed by atoms with Gasteiger partial charge in [0, 0.05) is 6.92 Å². The van der Waals surface area contributed by atoms with Crippen molar-refractivity contribution in [1.29, 1.82) is 0 Å². The van der Waals surface area contributed by atoms with E-state index >= 15 is 0 Å². The molecule has 3 radical (unpaired) electrons. The standard InChI is InChI=1S/C6H3F3N2/c1-4-2-3-10-5(11-4)6(7,8)9/h1H3/q+1. The van der Waals surface area contributed by atoms with E-state index in [1.165, 1.54) is 6.92 Å². The Morgan fingerprint density at radius 3 is 2.45 bits per heavy atom. The average molecular weight is 160 g/mol. The Balaban J connectivity index is 2.93. The summed E-state index contributed by atoms with van der Waals surface area (Å²) in [6.07, 6.45) is -0.215. The van der Waals surface area contributed by atoms with E-state index in [-0.39, 0.29) is 5.70 Å². The van der Waals surface area contributed by atoms with Crippen LogP contribution in [0.2, 0.25) is 0 Å². The third-order valence-corrected chi connectivity index (χ3v) is 0.926. The molecule has 0 aromatic heterocycles. The smallest absolute Gasteiger partial charge is 0.159 e. The summed E-state index contributed by atoms with van der Waals surface area (Å²) in [6, 6.07) is 0. The lowest BCUT2D eigenvalue weighted by molar-refractivity contribution is -0.0607. The molecule has 0 unspecified atom stereocenters. The van der Waals surface area contributed by atoms with Gasteiger partial charge in [0.15, 0.2) is 5.70 Å². The third-order valence-electron chi connectivity index (χ3n) is 0.926. The summed E-state index contributed by atoms with van der Waals surface area (Å²) >= 11 is 0. The van der Waals surface area contributed by atoms with Gasteiger partial charge in [-0.05, 0) is 9.98 Å². The van der Waals surface area contributed by atoms with E-state index in [0.29, 0.717) is 0 Å². The second-order valence-corrected chi connectivity index (χ2v) is 1.87. The Labute approximate surface area is 61.2 Å². The Morgan fingerprint density at radius 2 is 2.09 bits per heavy atom. The lowest BCUT2D eigenvalue weighted by Gasteiger charge is -1.96. The lowest BCUT2D eigenvalue weighted by atomic mass is 10.4. The first-order chi connectivity index (χ1) is 5.00. The summed E-state index contributed by atoms with van der Waals surface area (Å²) in [7, 11) is 0. The Bertz CT molecular complexity index is 247. The minimum atomic E-state index is -4.49. The van der Waals surface area contributed by atoms with Crippen LogP contribution < -0.4 is 4.99 Å². The van der Waals surface area contributed by atoms with Crippen LogP contribution in [0.4, 0.5) is 13.2 Å². The second-order valence-electron chi connectivity index (χ2n) is 1.87. The van der Waals surface area contributed by atoms with Crippen LogP contribution in [0, 0.1) is 6.08 Å². The number of allylic oxidation sites excluding steroid dienone is 2. The van der Waals surface area contributed by atoms with Gasteiger partial charge in [0.05, 0.1) is 6.08 Å². The van der Waals surface area contributed by atoms with Gasteiger partial charge < -0.3 is 0 Å². The number of aliphatic imine (C=N–C) groups is 2. The summed E-state index contributed by atoms with van der Waals surface area (Å²) in [5, 5.41) is 0. The number of halogens is 3. The first-order valence-corrected chi connectivity index (χ1v) is 2.71. The van der Waals surface area contributed by atoms with Crippen molar-refractivity contribution >= 4 is 12.1 Å². The van der Waals surface area contributed by atoms with Gasteiger partial charge in [0.2, 0.25) is 6.21 Å². The monoisotopic (exact) mass is 160 g/mol. The molecule has 0 saturated carbocycles. The third kappa shape index (κ3) is 1.89. The summed E-state index contributed by atoms with van der Waals surface area (Å²) in [4.78, 5) is 6.02. The fourth-order valence-corrected chi connectivity index (χ4v) is 0.500. The molecule has 0 atom stereocenters. The van der Waals surface area contributed by atoms with Crippen LogP contribution in [-0.2, 0) is 0 Å². The van der Waals surface area contributed by atoms with E-state index in [2.05, 4.69) is 16.1 Å². The highest BCUT2D eigenvalue weighted by Crippen LogP contribution is 2.17. The number of alkyl halides is 3. The van der Waals surface area contributed by atoms with E-state index in [4.69, 9.17) is 0 Å². The molecule has 0 aromatic rings. The molecular weight excluding hydrogens is 157 g/mol. The molecule has 0 amide bonds. The zero-order chi connectivity index (χ0) is 8.48. The zero-order valence-corrected chi connectivity index (χ0v) is 5.53. The normalized spacial score (nSPS) is 17.8. The Kier molecular flexibility index (Phi) is 1.80. The molecule has 0 spiro atoms. The molecule has 1 rings (SSSR count). The molecule has 1 heterocycles. The molecular formula is C6H3F3N2+. The van der Waals surface area contributed by atoms with Crippen LogP contribution in [0.1, 0.15) is 6.92 Å². The van der Waals surface area contributed by atoms with Crippen LogP contribution in [0.3, 0.4) is 0 Å². The molecule has 0 fully saturated rings. The largest absolute Gasteiger partial charge is 0.503 e. The van der Waals surface area contributed by atoms with E-state index in [0.717, 1.165) is 0 Å². The Morgan fingerprint density at radius 1 is 1.45 bits per heavy atom. The molecule has 0 bridgehead atoms. The number of hydrogen-bond donors (Lipinski definition) is 0. The van der Waals surface area contributed by atoms with Gasteiger partial charge in [-0.25, -0.2) is 0 Å². The topological polar surface area (TPSA) is 26.5 Å². The molecule has 57 valence electrons. The minimum Gasteiger partial charge on any atom is -0.159 e. The molecule has 0 aromatic carbocycles. The van der Waals surface area contributed by atoms with E-state index in [1.807, 2.05) is 6.21 Å². The van der Waals surface area contributed by atoms with Crippen molar-refractivity contribution in [1.82, 2.24) is 4.99 Å². The van der Waals surface area contributed by atoms with Crippen molar-refractivity contribution in [2.75, 3.05) is 0 Å². The highest BCUT2D eigenvalue weighted by Gasteiger charge is 2.45. The predicted molar refractivity (Wildman–Crippen MR) is 33.1 cm³/mol. The summed E-state index contributed by atoms with van der Waals surface area (Å²) in [5.74, 6) is -1.17. The van der Waals surface area contributed by atoms with E-state index in [9.17, 15) is 13.2 Å². The van der Waals surface area contributed by atoms with Crippen molar-refractivity contribution in [2.24, 2.45) is 4.99 Å². The van der Waals surface area contributed by atoms with Crippen molar-refractivity contribution < 1.29 is 13.2 Å². The van der Waals surface area contributed by atoms with E-state index < -0.39 is 12.0 Å². The highest BCUT2D eigenvalue weighted by atomic mass is 19.4. The van der Waals surface area contributed by atoms with Crippen molar-refractivity contribution in [3.05, 3.63) is 11.8 Å². The number of rotatable bonds is 0. The lowest BCUT2D eigenvalue weighted by Crippen LogP contribution is -2.28. The van der Waals surface area contributed by atoms with Crippen LogP contribution in [0.25, 0.3) is 0 Å². The summed E-state index contributed by atoms with van der Waals surface area (Å²) in [5.41, 5.74) is 0.132. The fourth-order valence-electron chi connectivity index (χ4n) is 0.500. The van der Waals surface area contributed by atoms with Crippen LogP contribution in [0.5, 0.6) is 0 Å². The van der Waals surface area contributed by atoms with Crippen LogP contribution in [-0.4, -0.2) is 18.2 Å². The van der Waals surface area contributed by atoms with Crippen LogP contribution in [0.15, 0.2) is 10.7 Å². The molecule has 1 aliphatic rings. The SMILES string of the molecule is CC1=[C][C]=[N+]C(C(F)(F)F)=N1. The van der Waals surface area contributed by atoms with Gasteiger partial charge >= 0.3 is 12.0 Å². The van der Waals surface area contributed by atoms with Crippen molar-refractivity contribution in [2.45, 2.75) is 13.1 Å². The molecule has 5 heteroatoms. The molecule has 0 saturated heterocycles. The number of amidine groups is 1. The zero-order valence-electron chi connectivity index (χ0n) is 5.53. The molecule has 0 N–H and O–H groups in total. The second kappa shape index (κ2) is 2.48. The Hall–Kier alpha value is -1.13. The average Bonchev–Trinajstić information content (AvgIpc) is 1.86. The quantitative estimate of drug-likeness (QED) is 0.504. The van der Waals surface area contributed by atoms with Gasteiger partial charge in [-0.1, -0.05) is 0 Å². The predicted octanol–water partition coefficient (Wildman–Crippen LogP) is 0.951. The number of nitrogens with zero attached hydrogens (tertiary/aromatic N) is 2. The molecule has 1 aliphatic heterocycles. The number of hydrogen-bond acceptors (Lipinski definition) is 2. The maximum Gasteiger partial charge on any atom is 0.503 e. The molecule has 2 nitrogen and oxygen atoms in total. The van der Waals surface area contributed by atoms with Gasteiger partial charge in [-0.15, -0.1) is 0 Å². The summed E-state index contributed by atoms with van der Waals surface area (Å²) < 4.78 is 35.4. The van der Waals surface area contributed by atoms with Crippen molar-refractivity contribution in [3.8, 4) is 0 Å². The highest BCUT2D eigenvalue weighted by molar-refractivity contribution is 5.95.